The third-order valence-electron chi connectivity index (χ3n) is 4.43. The van der Waals surface area contributed by atoms with Gasteiger partial charge in [0.05, 0.1) is 12.0 Å². The molecule has 1 amide bonds. The van der Waals surface area contributed by atoms with Gasteiger partial charge in [0.2, 0.25) is 0 Å². The number of H-pyrrole nitrogens is 1. The Morgan fingerprint density at radius 1 is 1.29 bits per heavy atom. The number of pyridine rings is 1. The lowest BCUT2D eigenvalue weighted by Crippen LogP contribution is -2.43. The molecule has 1 aliphatic rings. The second kappa shape index (κ2) is 7.68. The molecular formula is C17H22ClN3O3. The molecule has 0 aliphatic carbocycles. The molecule has 7 heteroatoms. The second-order valence-electron chi connectivity index (χ2n) is 6.34. The molecule has 130 valence electrons. The Labute approximate surface area is 146 Å². The summed E-state index contributed by atoms with van der Waals surface area (Å²) in [6.45, 7) is 4.67. The zero-order chi connectivity index (χ0) is 16.3. The highest BCUT2D eigenvalue weighted by Crippen LogP contribution is 2.26. The molecule has 3 N–H and O–H groups in total. The van der Waals surface area contributed by atoms with E-state index in [4.69, 9.17) is 4.42 Å². The maximum absolute atomic E-state index is 12.3. The lowest BCUT2D eigenvalue weighted by atomic mass is 9.81. The van der Waals surface area contributed by atoms with Crippen molar-refractivity contribution in [3.8, 4) is 11.5 Å². The van der Waals surface area contributed by atoms with Gasteiger partial charge in [-0.3, -0.25) is 9.59 Å². The Kier molecular flexibility index (Phi) is 5.85. The summed E-state index contributed by atoms with van der Waals surface area (Å²) in [6, 6.07) is 6.72. The van der Waals surface area contributed by atoms with Crippen LogP contribution in [-0.4, -0.2) is 30.5 Å². The Morgan fingerprint density at radius 2 is 2.04 bits per heavy atom. The van der Waals surface area contributed by atoms with E-state index >= 15 is 0 Å². The highest BCUT2D eigenvalue weighted by Gasteiger charge is 2.27. The molecule has 1 fully saturated rings. The number of carbonyl (C=O) groups excluding carboxylic acids is 1. The lowest BCUT2D eigenvalue weighted by molar-refractivity contribution is 0.0920. The first kappa shape index (κ1) is 18.3. The van der Waals surface area contributed by atoms with Gasteiger partial charge in [0.25, 0.3) is 11.5 Å². The van der Waals surface area contributed by atoms with Gasteiger partial charge >= 0.3 is 0 Å². The number of piperidine rings is 1. The molecular weight excluding hydrogens is 330 g/mol. The third kappa shape index (κ3) is 4.07. The maximum atomic E-state index is 12.3. The number of hydrogen-bond donors (Lipinski definition) is 3. The van der Waals surface area contributed by atoms with Crippen LogP contribution in [-0.2, 0) is 0 Å². The number of hydrogen-bond acceptors (Lipinski definition) is 4. The summed E-state index contributed by atoms with van der Waals surface area (Å²) in [5, 5.41) is 6.21. The highest BCUT2D eigenvalue weighted by atomic mass is 35.5. The van der Waals surface area contributed by atoms with Crippen molar-refractivity contribution in [2.24, 2.45) is 5.41 Å². The topological polar surface area (TPSA) is 87.1 Å². The van der Waals surface area contributed by atoms with Gasteiger partial charge in [-0.15, -0.1) is 12.4 Å². The molecule has 6 nitrogen and oxygen atoms in total. The molecule has 1 aliphatic heterocycles. The molecule has 0 spiro atoms. The molecule has 0 unspecified atom stereocenters. The molecule has 0 aromatic carbocycles. The minimum atomic E-state index is -0.410. The molecule has 0 saturated carbocycles. The van der Waals surface area contributed by atoms with Crippen molar-refractivity contribution in [1.29, 1.82) is 0 Å². The first-order valence-electron chi connectivity index (χ1n) is 7.84. The standard InChI is InChI=1S/C17H21N3O3.ClH/c1-17(6-8-18-9-7-17)11-19-15(21)12-4-5-13(20-16(12)22)14-3-2-10-23-14;/h2-5,10,18H,6-9,11H2,1H3,(H,19,21)(H,20,22);1H. The summed E-state index contributed by atoms with van der Waals surface area (Å²) >= 11 is 0. The molecule has 3 rings (SSSR count). The molecule has 2 aromatic rings. The van der Waals surface area contributed by atoms with Crippen molar-refractivity contribution in [3.63, 3.8) is 0 Å². The van der Waals surface area contributed by atoms with E-state index in [1.54, 1.807) is 18.2 Å². The Balaban J connectivity index is 0.00000208. The summed E-state index contributed by atoms with van der Waals surface area (Å²) in [5.74, 6) is 0.230. The zero-order valence-electron chi connectivity index (χ0n) is 13.6. The van der Waals surface area contributed by atoms with E-state index in [0.29, 0.717) is 18.0 Å². The van der Waals surface area contributed by atoms with Crippen molar-refractivity contribution in [3.05, 3.63) is 46.4 Å². The maximum Gasteiger partial charge on any atom is 0.261 e. The Hall–Kier alpha value is -2.05. The van der Waals surface area contributed by atoms with Crippen LogP contribution in [0.2, 0.25) is 0 Å². The van der Waals surface area contributed by atoms with Crippen molar-refractivity contribution in [1.82, 2.24) is 15.6 Å². The van der Waals surface area contributed by atoms with E-state index in [9.17, 15) is 9.59 Å². The summed E-state index contributed by atoms with van der Waals surface area (Å²) < 4.78 is 5.24. The number of aromatic nitrogens is 1. The summed E-state index contributed by atoms with van der Waals surface area (Å²) in [4.78, 5) is 27.1. The number of amides is 1. The lowest BCUT2D eigenvalue weighted by Gasteiger charge is -2.34. The number of rotatable bonds is 4. The fraction of sp³-hybridized carbons (Fsp3) is 0.412. The summed E-state index contributed by atoms with van der Waals surface area (Å²) in [7, 11) is 0. The molecule has 0 bridgehead atoms. The average Bonchev–Trinajstić information content (AvgIpc) is 3.08. The predicted octanol–water partition coefficient (Wildman–Crippen LogP) is 2.18. The quantitative estimate of drug-likeness (QED) is 0.788. The SMILES string of the molecule is CC1(CNC(=O)c2ccc(-c3ccco3)[nH]c2=O)CCNCC1.Cl. The molecule has 1 saturated heterocycles. The minimum absolute atomic E-state index is 0. The van der Waals surface area contributed by atoms with Crippen LogP contribution in [0.3, 0.4) is 0 Å². The van der Waals surface area contributed by atoms with Crippen LogP contribution in [0.25, 0.3) is 11.5 Å². The van der Waals surface area contributed by atoms with Gasteiger partial charge in [-0.1, -0.05) is 6.92 Å². The number of aromatic amines is 1. The van der Waals surface area contributed by atoms with Crippen molar-refractivity contribution < 1.29 is 9.21 Å². The molecule has 0 radical (unpaired) electrons. The largest absolute Gasteiger partial charge is 0.463 e. The number of carbonyl (C=O) groups is 1. The third-order valence-corrected chi connectivity index (χ3v) is 4.43. The van der Waals surface area contributed by atoms with Gasteiger partial charge in [0.1, 0.15) is 11.3 Å². The minimum Gasteiger partial charge on any atom is -0.463 e. The summed E-state index contributed by atoms with van der Waals surface area (Å²) in [6.07, 6.45) is 3.57. The Morgan fingerprint density at radius 3 is 2.67 bits per heavy atom. The first-order valence-corrected chi connectivity index (χ1v) is 7.84. The van der Waals surface area contributed by atoms with Gasteiger partial charge in [-0.05, 0) is 55.6 Å². The van der Waals surface area contributed by atoms with Gasteiger partial charge in [0, 0.05) is 6.54 Å². The molecule has 3 heterocycles. The molecule has 0 atom stereocenters. The first-order chi connectivity index (χ1) is 11.1. The molecule has 2 aromatic heterocycles. The van der Waals surface area contributed by atoms with Gasteiger partial charge in [0.15, 0.2) is 0 Å². The van der Waals surface area contributed by atoms with Crippen molar-refractivity contribution >= 4 is 18.3 Å². The fourth-order valence-corrected chi connectivity index (χ4v) is 2.82. The zero-order valence-corrected chi connectivity index (χ0v) is 14.4. The van der Waals surface area contributed by atoms with E-state index in [1.807, 2.05) is 0 Å². The van der Waals surface area contributed by atoms with Crippen LogP contribution in [0.4, 0.5) is 0 Å². The van der Waals surface area contributed by atoms with Gasteiger partial charge in [-0.25, -0.2) is 0 Å². The Bertz CT molecular complexity index is 734. The number of furan rings is 1. The summed E-state index contributed by atoms with van der Waals surface area (Å²) in [5.41, 5.74) is 0.355. The highest BCUT2D eigenvalue weighted by molar-refractivity contribution is 5.94. The van der Waals surface area contributed by atoms with Crippen molar-refractivity contribution in [2.45, 2.75) is 19.8 Å². The van der Waals surface area contributed by atoms with E-state index in [-0.39, 0.29) is 29.3 Å². The van der Waals surface area contributed by atoms with E-state index in [2.05, 4.69) is 22.5 Å². The number of halogens is 1. The van der Waals surface area contributed by atoms with E-state index in [1.165, 1.54) is 12.3 Å². The average molecular weight is 352 g/mol. The predicted molar refractivity (Wildman–Crippen MR) is 94.6 cm³/mol. The number of nitrogens with one attached hydrogen (secondary N) is 3. The van der Waals surface area contributed by atoms with E-state index < -0.39 is 5.56 Å². The monoisotopic (exact) mass is 351 g/mol. The van der Waals surface area contributed by atoms with Crippen molar-refractivity contribution in [2.75, 3.05) is 19.6 Å². The fourth-order valence-electron chi connectivity index (χ4n) is 2.82. The molecule has 24 heavy (non-hydrogen) atoms. The van der Waals surface area contributed by atoms with Crippen LogP contribution < -0.4 is 16.2 Å². The van der Waals surface area contributed by atoms with Crippen LogP contribution in [0.5, 0.6) is 0 Å². The van der Waals surface area contributed by atoms with Crippen LogP contribution in [0, 0.1) is 5.41 Å². The normalized spacial score (nSPS) is 16.2. The van der Waals surface area contributed by atoms with Crippen LogP contribution >= 0.6 is 12.4 Å². The van der Waals surface area contributed by atoms with E-state index in [0.717, 1.165) is 25.9 Å². The van der Waals surface area contributed by atoms with Crippen LogP contribution in [0.1, 0.15) is 30.1 Å². The van der Waals surface area contributed by atoms with Gasteiger partial charge < -0.3 is 20.0 Å². The van der Waals surface area contributed by atoms with Gasteiger partial charge in [-0.2, -0.15) is 0 Å². The van der Waals surface area contributed by atoms with Crippen LogP contribution in [0.15, 0.2) is 39.7 Å². The smallest absolute Gasteiger partial charge is 0.261 e. The second-order valence-corrected chi connectivity index (χ2v) is 6.34.